The summed E-state index contributed by atoms with van der Waals surface area (Å²) >= 11 is 3.48. The Balaban J connectivity index is 1.93. The molecule has 0 radical (unpaired) electrons. The number of carbonyl (C=O) groups is 1. The average molecular weight is 286 g/mol. The molecule has 0 unspecified atom stereocenters. The molecular formula is C13H22N2OS2. The summed E-state index contributed by atoms with van der Waals surface area (Å²) in [6, 6.07) is 0. The Morgan fingerprint density at radius 2 is 2.28 bits per heavy atom. The molecule has 2 aliphatic heterocycles. The first-order valence-electron chi connectivity index (χ1n) is 6.58. The molecule has 0 saturated carbocycles. The lowest BCUT2D eigenvalue weighted by molar-refractivity contribution is -0.133. The molecule has 1 fully saturated rings. The molecule has 18 heavy (non-hydrogen) atoms. The number of nitrogens with zero attached hydrogens (tertiary/aromatic N) is 2. The lowest BCUT2D eigenvalue weighted by Crippen LogP contribution is -2.46. The van der Waals surface area contributed by atoms with Crippen molar-refractivity contribution in [1.29, 1.82) is 0 Å². The Bertz CT molecular complexity index is 349. The first-order valence-corrected chi connectivity index (χ1v) is 8.45. The number of piperidine rings is 1. The molecular weight excluding hydrogens is 264 g/mol. The third-order valence-electron chi connectivity index (χ3n) is 2.95. The van der Waals surface area contributed by atoms with Gasteiger partial charge in [0.25, 0.3) is 0 Å². The Morgan fingerprint density at radius 3 is 2.89 bits per heavy atom. The van der Waals surface area contributed by atoms with Crippen LogP contribution in [0.4, 0.5) is 0 Å². The minimum absolute atomic E-state index is 0.102. The van der Waals surface area contributed by atoms with E-state index in [1.54, 1.807) is 23.5 Å². The maximum atomic E-state index is 12.4. The van der Waals surface area contributed by atoms with Gasteiger partial charge < -0.3 is 4.90 Å². The predicted octanol–water partition coefficient (Wildman–Crippen LogP) is 2.86. The number of hydrogen-bond donors (Lipinski definition) is 0. The molecule has 1 amide bonds. The van der Waals surface area contributed by atoms with Crippen LogP contribution < -0.4 is 0 Å². The smallest absolute Gasteiger partial charge is 0.236 e. The van der Waals surface area contributed by atoms with Crippen molar-refractivity contribution in [1.82, 2.24) is 4.90 Å². The van der Waals surface area contributed by atoms with Crippen molar-refractivity contribution in [3.8, 4) is 0 Å². The number of likely N-dealkylation sites (tertiary alicyclic amines) is 1. The lowest BCUT2D eigenvalue weighted by Gasteiger charge is -2.36. The van der Waals surface area contributed by atoms with Crippen molar-refractivity contribution in [2.75, 3.05) is 25.4 Å². The Kier molecular flexibility index (Phi) is 4.64. The van der Waals surface area contributed by atoms with Gasteiger partial charge in [0.15, 0.2) is 0 Å². The molecule has 0 aromatic carbocycles. The Morgan fingerprint density at radius 1 is 1.50 bits per heavy atom. The van der Waals surface area contributed by atoms with Gasteiger partial charge in [0.1, 0.15) is 4.38 Å². The van der Waals surface area contributed by atoms with Crippen molar-refractivity contribution in [3.63, 3.8) is 0 Å². The van der Waals surface area contributed by atoms with Gasteiger partial charge in [0, 0.05) is 18.8 Å². The molecule has 0 aliphatic carbocycles. The quantitative estimate of drug-likeness (QED) is 0.782. The van der Waals surface area contributed by atoms with Crippen molar-refractivity contribution in [3.05, 3.63) is 0 Å². The van der Waals surface area contributed by atoms with Crippen molar-refractivity contribution < 1.29 is 4.79 Å². The minimum Gasteiger partial charge on any atom is -0.341 e. The molecule has 0 bridgehead atoms. The van der Waals surface area contributed by atoms with E-state index in [0.717, 1.165) is 42.6 Å². The zero-order valence-corrected chi connectivity index (χ0v) is 13.1. The second kappa shape index (κ2) is 5.87. The van der Waals surface area contributed by atoms with Crippen LogP contribution in [0.15, 0.2) is 4.99 Å². The van der Waals surface area contributed by atoms with Crippen LogP contribution in [0.1, 0.15) is 33.6 Å². The zero-order chi connectivity index (χ0) is 13.2. The zero-order valence-electron chi connectivity index (χ0n) is 11.4. The molecule has 1 saturated heterocycles. The van der Waals surface area contributed by atoms with Gasteiger partial charge in [-0.05, 0) is 18.3 Å². The highest BCUT2D eigenvalue weighted by Gasteiger charge is 2.32. The van der Waals surface area contributed by atoms with Gasteiger partial charge in [-0.3, -0.25) is 9.79 Å². The summed E-state index contributed by atoms with van der Waals surface area (Å²) in [5.74, 6) is 1.39. The number of aliphatic imine (C=N–C) groups is 1. The topological polar surface area (TPSA) is 32.7 Å². The fourth-order valence-corrected chi connectivity index (χ4v) is 4.61. The summed E-state index contributed by atoms with van der Waals surface area (Å²) < 4.78 is 1.12. The second-order valence-electron chi connectivity index (χ2n) is 6.07. The van der Waals surface area contributed by atoms with E-state index in [9.17, 15) is 4.79 Å². The van der Waals surface area contributed by atoms with E-state index >= 15 is 0 Å². The normalized spacial score (nSPS) is 25.5. The Labute approximate surface area is 118 Å². The molecule has 2 rings (SSSR count). The monoisotopic (exact) mass is 286 g/mol. The molecule has 0 spiro atoms. The van der Waals surface area contributed by atoms with Crippen molar-refractivity contribution in [2.45, 2.75) is 38.9 Å². The lowest BCUT2D eigenvalue weighted by atomic mass is 9.94. The molecule has 3 nitrogen and oxygen atoms in total. The van der Waals surface area contributed by atoms with Gasteiger partial charge in [-0.15, -0.1) is 0 Å². The third kappa shape index (κ3) is 3.92. The van der Waals surface area contributed by atoms with E-state index in [2.05, 4.69) is 25.8 Å². The van der Waals surface area contributed by atoms with Crippen LogP contribution >= 0.6 is 23.5 Å². The fourth-order valence-electron chi connectivity index (χ4n) is 2.25. The molecule has 0 aromatic rings. The van der Waals surface area contributed by atoms with Crippen LogP contribution in [0, 0.1) is 5.41 Å². The third-order valence-corrected chi connectivity index (χ3v) is 5.41. The van der Waals surface area contributed by atoms with Crippen LogP contribution in [-0.2, 0) is 4.79 Å². The van der Waals surface area contributed by atoms with Gasteiger partial charge in [-0.2, -0.15) is 0 Å². The number of carbonyl (C=O) groups excluding carboxylic acids is 1. The summed E-state index contributed by atoms with van der Waals surface area (Å²) in [5, 5.41) is 0.102. The van der Waals surface area contributed by atoms with Crippen molar-refractivity contribution >= 4 is 33.8 Å². The highest BCUT2D eigenvalue weighted by Crippen LogP contribution is 2.32. The first-order chi connectivity index (χ1) is 8.46. The van der Waals surface area contributed by atoms with Crippen LogP contribution in [0.5, 0.6) is 0 Å². The predicted molar refractivity (Wildman–Crippen MR) is 81.4 cm³/mol. The summed E-state index contributed by atoms with van der Waals surface area (Å²) in [4.78, 5) is 18.9. The number of amides is 1. The first kappa shape index (κ1) is 14.3. The molecule has 0 aromatic heterocycles. The fraction of sp³-hybridized carbons (Fsp3) is 0.846. The van der Waals surface area contributed by atoms with E-state index in [1.165, 1.54) is 0 Å². The summed E-state index contributed by atoms with van der Waals surface area (Å²) in [5.41, 5.74) is 0.182. The van der Waals surface area contributed by atoms with E-state index in [0.29, 0.717) is 5.91 Å². The van der Waals surface area contributed by atoms with Crippen molar-refractivity contribution in [2.24, 2.45) is 10.4 Å². The number of hydrogen-bond acceptors (Lipinski definition) is 4. The van der Waals surface area contributed by atoms with Gasteiger partial charge in [0.2, 0.25) is 5.91 Å². The summed E-state index contributed by atoms with van der Waals surface area (Å²) in [7, 11) is 0. The SMILES string of the molecule is CC(C)(C)CN1CCC[C@@H](SC2=NCCS2)C1=O. The second-order valence-corrected chi connectivity index (χ2v) is 8.60. The van der Waals surface area contributed by atoms with E-state index in [1.807, 2.05) is 4.90 Å². The summed E-state index contributed by atoms with van der Waals surface area (Å²) in [6.45, 7) is 9.27. The molecule has 0 N–H and O–H groups in total. The van der Waals surface area contributed by atoms with Crippen LogP contribution in [0.25, 0.3) is 0 Å². The molecule has 1 atom stereocenters. The number of thioether (sulfide) groups is 2. The van der Waals surface area contributed by atoms with Gasteiger partial charge in [0.05, 0.1) is 11.8 Å². The van der Waals surface area contributed by atoms with Gasteiger partial charge >= 0.3 is 0 Å². The van der Waals surface area contributed by atoms with Crippen LogP contribution in [-0.4, -0.2) is 45.8 Å². The maximum Gasteiger partial charge on any atom is 0.236 e. The average Bonchev–Trinajstić information content (AvgIpc) is 2.75. The standard InChI is InChI=1S/C13H22N2OS2/c1-13(2,3)9-15-7-4-5-10(11(15)16)18-12-14-6-8-17-12/h10H,4-9H2,1-3H3/t10-/m1/s1. The van der Waals surface area contributed by atoms with Crippen LogP contribution in [0.3, 0.4) is 0 Å². The minimum atomic E-state index is 0.102. The highest BCUT2D eigenvalue weighted by molar-refractivity contribution is 8.39. The largest absolute Gasteiger partial charge is 0.341 e. The molecule has 2 heterocycles. The highest BCUT2D eigenvalue weighted by atomic mass is 32.2. The Hall–Kier alpha value is -0.160. The van der Waals surface area contributed by atoms with Gasteiger partial charge in [-0.1, -0.05) is 44.3 Å². The number of rotatable bonds is 2. The maximum absolute atomic E-state index is 12.4. The van der Waals surface area contributed by atoms with Gasteiger partial charge in [-0.25, -0.2) is 0 Å². The summed E-state index contributed by atoms with van der Waals surface area (Å²) in [6.07, 6.45) is 2.13. The molecule has 5 heteroatoms. The van der Waals surface area contributed by atoms with E-state index in [4.69, 9.17) is 0 Å². The molecule has 102 valence electrons. The van der Waals surface area contributed by atoms with E-state index < -0.39 is 0 Å². The van der Waals surface area contributed by atoms with Crippen LogP contribution in [0.2, 0.25) is 0 Å². The van der Waals surface area contributed by atoms with E-state index in [-0.39, 0.29) is 10.7 Å². The molecule has 2 aliphatic rings.